The Hall–Kier alpha value is -2.04. The molecule has 0 bridgehead atoms. The van der Waals surface area contributed by atoms with Crippen molar-refractivity contribution in [3.63, 3.8) is 0 Å². The third-order valence-electron chi connectivity index (χ3n) is 3.77. The number of benzene rings is 1. The molecule has 0 fully saturated rings. The van der Waals surface area contributed by atoms with Gasteiger partial charge in [0.1, 0.15) is 11.4 Å². The largest absolute Gasteiger partial charge is 0.421 e. The molecule has 1 aromatic heterocycles. The monoisotopic (exact) mass is 374 g/mol. The lowest BCUT2D eigenvalue weighted by Gasteiger charge is -2.24. The molecule has 10 heteroatoms. The van der Waals surface area contributed by atoms with Crippen LogP contribution in [-0.2, 0) is 28.5 Å². The van der Waals surface area contributed by atoms with Gasteiger partial charge in [0.15, 0.2) is 16.9 Å². The first-order chi connectivity index (χ1) is 11.5. The van der Waals surface area contributed by atoms with Crippen molar-refractivity contribution >= 4 is 16.9 Å². The number of nitrogen functional groups attached to an aromatic ring is 1. The molecule has 1 aromatic carbocycles. The Morgan fingerprint density at radius 3 is 2.36 bits per heavy atom. The second kappa shape index (κ2) is 6.70. The standard InChI is InChI=1S/C15H17F3N4O2S/c1-14(2,25(23)24)10-4-3-8(6-19)5-9(10)13-21-7-11(12(20)22-13)15(16,17)18/h3-5,7H,6,19H2,1-2H3,(H,23,24)(H2,20,21,22). The smallest absolute Gasteiger partial charge is 0.383 e. The van der Waals surface area contributed by atoms with Crippen LogP contribution >= 0.6 is 0 Å². The Kier molecular flexibility index (Phi) is 5.17. The zero-order valence-electron chi connectivity index (χ0n) is 13.5. The Morgan fingerprint density at radius 1 is 1.24 bits per heavy atom. The average molecular weight is 374 g/mol. The minimum absolute atomic E-state index is 0.0747. The second-order valence-corrected chi connectivity index (χ2v) is 7.35. The van der Waals surface area contributed by atoms with E-state index in [4.69, 9.17) is 11.5 Å². The summed E-state index contributed by atoms with van der Waals surface area (Å²) in [7, 11) is 0. The molecule has 0 saturated carbocycles. The van der Waals surface area contributed by atoms with Gasteiger partial charge in [0, 0.05) is 18.3 Å². The molecule has 1 unspecified atom stereocenters. The Balaban J connectivity index is 2.69. The number of anilines is 1. The quantitative estimate of drug-likeness (QED) is 0.709. The van der Waals surface area contributed by atoms with Crippen molar-refractivity contribution in [3.05, 3.63) is 41.1 Å². The van der Waals surface area contributed by atoms with Crippen LogP contribution in [0.15, 0.2) is 24.4 Å². The van der Waals surface area contributed by atoms with E-state index in [-0.39, 0.29) is 12.4 Å². The topological polar surface area (TPSA) is 115 Å². The Morgan fingerprint density at radius 2 is 1.88 bits per heavy atom. The third kappa shape index (κ3) is 3.80. The summed E-state index contributed by atoms with van der Waals surface area (Å²) in [4.78, 5) is 7.50. The first-order valence-electron chi connectivity index (χ1n) is 7.13. The summed E-state index contributed by atoms with van der Waals surface area (Å²) in [6, 6.07) is 4.83. The van der Waals surface area contributed by atoms with Gasteiger partial charge in [-0.1, -0.05) is 12.1 Å². The van der Waals surface area contributed by atoms with Crippen molar-refractivity contribution in [1.29, 1.82) is 0 Å². The molecular weight excluding hydrogens is 357 g/mol. The number of aromatic nitrogens is 2. The van der Waals surface area contributed by atoms with Gasteiger partial charge in [0.25, 0.3) is 0 Å². The van der Waals surface area contributed by atoms with Crippen LogP contribution in [0.25, 0.3) is 11.4 Å². The number of halogens is 3. The van der Waals surface area contributed by atoms with Crippen molar-refractivity contribution < 1.29 is 21.9 Å². The molecular formula is C15H17F3N4O2S. The summed E-state index contributed by atoms with van der Waals surface area (Å²) in [6.45, 7) is 3.22. The molecule has 0 amide bonds. The van der Waals surface area contributed by atoms with E-state index in [2.05, 4.69) is 9.97 Å². The molecule has 2 aromatic rings. The highest BCUT2D eigenvalue weighted by molar-refractivity contribution is 7.80. The molecule has 0 aliphatic heterocycles. The fourth-order valence-corrected chi connectivity index (χ4v) is 2.63. The second-order valence-electron chi connectivity index (χ2n) is 5.83. The zero-order chi connectivity index (χ0) is 19.0. The summed E-state index contributed by atoms with van der Waals surface area (Å²) in [5.74, 6) is -0.793. The highest BCUT2D eigenvalue weighted by atomic mass is 32.2. The predicted molar refractivity (Wildman–Crippen MR) is 88.6 cm³/mol. The van der Waals surface area contributed by atoms with Crippen LogP contribution in [0.5, 0.6) is 0 Å². The van der Waals surface area contributed by atoms with Crippen LogP contribution in [-0.4, -0.2) is 18.7 Å². The van der Waals surface area contributed by atoms with Gasteiger partial charge >= 0.3 is 6.18 Å². The van der Waals surface area contributed by atoms with Crippen molar-refractivity contribution in [2.45, 2.75) is 31.3 Å². The number of hydrogen-bond donors (Lipinski definition) is 3. The van der Waals surface area contributed by atoms with E-state index in [1.165, 1.54) is 13.8 Å². The van der Waals surface area contributed by atoms with E-state index >= 15 is 0 Å². The van der Waals surface area contributed by atoms with Crippen LogP contribution in [0.1, 0.15) is 30.5 Å². The number of hydrogen-bond acceptors (Lipinski definition) is 5. The number of alkyl halides is 3. The highest BCUT2D eigenvalue weighted by Crippen LogP contribution is 2.37. The van der Waals surface area contributed by atoms with E-state index in [0.717, 1.165) is 0 Å². The maximum absolute atomic E-state index is 12.8. The van der Waals surface area contributed by atoms with Gasteiger partial charge in [-0.3, -0.25) is 0 Å². The lowest BCUT2D eigenvalue weighted by atomic mass is 9.94. The van der Waals surface area contributed by atoms with E-state index < -0.39 is 33.4 Å². The van der Waals surface area contributed by atoms with E-state index in [9.17, 15) is 21.9 Å². The van der Waals surface area contributed by atoms with Gasteiger partial charge < -0.3 is 16.0 Å². The van der Waals surface area contributed by atoms with Crippen LogP contribution in [0, 0.1) is 0 Å². The molecule has 1 heterocycles. The van der Waals surface area contributed by atoms with Gasteiger partial charge in [-0.05, 0) is 31.0 Å². The first-order valence-corrected chi connectivity index (χ1v) is 8.23. The molecule has 136 valence electrons. The van der Waals surface area contributed by atoms with E-state index in [0.29, 0.717) is 22.9 Å². The minimum Gasteiger partial charge on any atom is -0.383 e. The molecule has 0 aliphatic carbocycles. The van der Waals surface area contributed by atoms with Gasteiger partial charge in [0.2, 0.25) is 0 Å². The fraction of sp³-hybridized carbons (Fsp3) is 0.333. The van der Waals surface area contributed by atoms with Gasteiger partial charge in [0.05, 0.1) is 4.75 Å². The molecule has 0 aliphatic rings. The molecule has 2 rings (SSSR count). The molecule has 1 atom stereocenters. The third-order valence-corrected chi connectivity index (χ3v) is 4.86. The maximum atomic E-state index is 12.8. The molecule has 25 heavy (non-hydrogen) atoms. The highest BCUT2D eigenvalue weighted by Gasteiger charge is 2.35. The molecule has 0 radical (unpaired) electrons. The van der Waals surface area contributed by atoms with Gasteiger partial charge in [-0.2, -0.15) is 13.2 Å². The zero-order valence-corrected chi connectivity index (χ0v) is 14.3. The minimum atomic E-state index is -4.67. The van der Waals surface area contributed by atoms with E-state index in [1.807, 2.05) is 0 Å². The number of rotatable bonds is 4. The summed E-state index contributed by atoms with van der Waals surface area (Å²) in [6.07, 6.45) is -4.07. The van der Waals surface area contributed by atoms with Crippen LogP contribution < -0.4 is 11.5 Å². The lowest BCUT2D eigenvalue weighted by Crippen LogP contribution is -2.24. The first kappa shape index (κ1) is 19.3. The van der Waals surface area contributed by atoms with Crippen molar-refractivity contribution in [2.24, 2.45) is 5.73 Å². The molecule has 0 saturated heterocycles. The Bertz CT molecular complexity index is 825. The number of nitrogens with zero attached hydrogens (tertiary/aromatic N) is 2. The summed E-state index contributed by atoms with van der Waals surface area (Å²) in [5.41, 5.74) is 11.3. The average Bonchev–Trinajstić information content (AvgIpc) is 2.52. The summed E-state index contributed by atoms with van der Waals surface area (Å²) >= 11 is -2.24. The van der Waals surface area contributed by atoms with Gasteiger partial charge in [-0.25, -0.2) is 14.2 Å². The van der Waals surface area contributed by atoms with Gasteiger partial charge in [-0.15, -0.1) is 0 Å². The van der Waals surface area contributed by atoms with Crippen LogP contribution in [0.4, 0.5) is 19.0 Å². The predicted octanol–water partition coefficient (Wildman–Crippen LogP) is 2.66. The van der Waals surface area contributed by atoms with Crippen LogP contribution in [0.3, 0.4) is 0 Å². The van der Waals surface area contributed by atoms with Crippen molar-refractivity contribution in [1.82, 2.24) is 9.97 Å². The number of nitrogens with two attached hydrogens (primary N) is 2. The molecule has 0 spiro atoms. The lowest BCUT2D eigenvalue weighted by molar-refractivity contribution is -0.137. The van der Waals surface area contributed by atoms with Crippen molar-refractivity contribution in [2.75, 3.05) is 5.73 Å². The maximum Gasteiger partial charge on any atom is 0.421 e. The summed E-state index contributed by atoms with van der Waals surface area (Å²) < 4.78 is 58.5. The summed E-state index contributed by atoms with van der Waals surface area (Å²) in [5, 5.41) is 0. The van der Waals surface area contributed by atoms with Crippen LogP contribution in [0.2, 0.25) is 0 Å². The molecule has 5 N–H and O–H groups in total. The van der Waals surface area contributed by atoms with Crippen molar-refractivity contribution in [3.8, 4) is 11.4 Å². The SMILES string of the molecule is CC(C)(c1ccc(CN)cc1-c1ncc(C(F)(F)F)c(N)n1)S(=O)O. The molecule has 6 nitrogen and oxygen atoms in total. The van der Waals surface area contributed by atoms with E-state index in [1.54, 1.807) is 18.2 Å². The fourth-order valence-electron chi connectivity index (χ4n) is 2.27. The Labute approximate surface area is 144 Å². The normalized spacial score (nSPS) is 13.7.